The van der Waals surface area contributed by atoms with Crippen LogP contribution in [0.15, 0.2) is 53.3 Å². The van der Waals surface area contributed by atoms with Gasteiger partial charge in [-0.3, -0.25) is 0 Å². The zero-order valence-electron chi connectivity index (χ0n) is 10.8. The molecule has 3 rings (SSSR count). The van der Waals surface area contributed by atoms with Gasteiger partial charge in [0, 0.05) is 6.20 Å². The van der Waals surface area contributed by atoms with E-state index in [4.69, 9.17) is 0 Å². The zero-order chi connectivity index (χ0) is 14.8. The Kier molecular flexibility index (Phi) is 3.53. The largest absolute Gasteiger partial charge is 0.404 e. The molecule has 0 unspecified atom stereocenters. The number of hydrogen-bond donors (Lipinski definition) is 0. The van der Waals surface area contributed by atoms with Gasteiger partial charge >= 0.3 is 5.82 Å². The average molecular weight is 348 g/mol. The third-order valence-electron chi connectivity index (χ3n) is 2.86. The smallest absolute Gasteiger partial charge is 0.358 e. The fourth-order valence-corrected chi connectivity index (χ4v) is 2.39. The lowest BCUT2D eigenvalue weighted by atomic mass is 10.3. The lowest BCUT2D eigenvalue weighted by Crippen LogP contribution is -2.03. The SMILES string of the molecule is O=[N+]([O-])c1nn(Cc2ccn(-c3ccccc3)n2)cc1Br. The summed E-state index contributed by atoms with van der Waals surface area (Å²) >= 11 is 3.12. The molecule has 106 valence electrons. The van der Waals surface area contributed by atoms with Crippen molar-refractivity contribution in [2.75, 3.05) is 0 Å². The Balaban J connectivity index is 1.82. The van der Waals surface area contributed by atoms with Gasteiger partial charge in [-0.1, -0.05) is 18.2 Å². The van der Waals surface area contributed by atoms with Crippen LogP contribution < -0.4 is 0 Å². The predicted molar refractivity (Wildman–Crippen MR) is 79.2 cm³/mol. The van der Waals surface area contributed by atoms with Gasteiger partial charge in [-0.25, -0.2) is 4.68 Å². The molecule has 0 fully saturated rings. The molecule has 0 bridgehead atoms. The molecule has 2 aromatic heterocycles. The second-order valence-electron chi connectivity index (χ2n) is 4.34. The lowest BCUT2D eigenvalue weighted by molar-refractivity contribution is -0.390. The Morgan fingerprint density at radius 1 is 1.19 bits per heavy atom. The number of halogens is 1. The van der Waals surface area contributed by atoms with Crippen LogP contribution in [0.4, 0.5) is 5.82 Å². The number of rotatable bonds is 4. The van der Waals surface area contributed by atoms with Gasteiger partial charge in [0.2, 0.25) is 0 Å². The second kappa shape index (κ2) is 5.49. The van der Waals surface area contributed by atoms with Crippen LogP contribution in [0.1, 0.15) is 5.69 Å². The van der Waals surface area contributed by atoms with E-state index in [1.54, 1.807) is 10.9 Å². The van der Waals surface area contributed by atoms with Gasteiger partial charge in [-0.05, 0) is 39.1 Å². The van der Waals surface area contributed by atoms with Crippen LogP contribution in [-0.2, 0) is 6.54 Å². The predicted octanol–water partition coefficient (Wildman–Crippen LogP) is 2.79. The van der Waals surface area contributed by atoms with E-state index in [9.17, 15) is 10.1 Å². The van der Waals surface area contributed by atoms with Crippen LogP contribution in [0.5, 0.6) is 0 Å². The van der Waals surface area contributed by atoms with E-state index in [1.165, 1.54) is 4.68 Å². The summed E-state index contributed by atoms with van der Waals surface area (Å²) in [5, 5.41) is 19.1. The highest BCUT2D eigenvalue weighted by atomic mass is 79.9. The molecule has 21 heavy (non-hydrogen) atoms. The molecule has 0 spiro atoms. The van der Waals surface area contributed by atoms with Crippen molar-refractivity contribution in [3.05, 3.63) is 69.1 Å². The monoisotopic (exact) mass is 347 g/mol. The van der Waals surface area contributed by atoms with Crippen molar-refractivity contribution in [2.45, 2.75) is 6.54 Å². The minimum Gasteiger partial charge on any atom is -0.358 e. The first-order valence-electron chi connectivity index (χ1n) is 6.11. The van der Waals surface area contributed by atoms with Gasteiger partial charge in [-0.2, -0.15) is 9.78 Å². The van der Waals surface area contributed by atoms with E-state index < -0.39 is 4.92 Å². The summed E-state index contributed by atoms with van der Waals surface area (Å²) in [5.74, 6) is -0.197. The maximum Gasteiger partial charge on any atom is 0.404 e. The highest BCUT2D eigenvalue weighted by Crippen LogP contribution is 2.22. The van der Waals surface area contributed by atoms with Crippen molar-refractivity contribution in [3.63, 3.8) is 0 Å². The van der Waals surface area contributed by atoms with Crippen molar-refractivity contribution in [1.82, 2.24) is 19.6 Å². The summed E-state index contributed by atoms with van der Waals surface area (Å²) in [4.78, 5) is 10.2. The van der Waals surface area contributed by atoms with E-state index in [-0.39, 0.29) is 5.82 Å². The van der Waals surface area contributed by atoms with E-state index in [0.29, 0.717) is 11.0 Å². The summed E-state index contributed by atoms with van der Waals surface area (Å²) in [5.41, 5.74) is 1.72. The Morgan fingerprint density at radius 2 is 1.95 bits per heavy atom. The van der Waals surface area contributed by atoms with Gasteiger partial charge in [0.25, 0.3) is 0 Å². The first-order chi connectivity index (χ1) is 10.1. The van der Waals surface area contributed by atoms with Crippen LogP contribution in [0.25, 0.3) is 5.69 Å². The summed E-state index contributed by atoms with van der Waals surface area (Å²) < 4.78 is 3.59. The van der Waals surface area contributed by atoms with Gasteiger partial charge in [0.15, 0.2) is 0 Å². The number of para-hydroxylation sites is 1. The summed E-state index contributed by atoms with van der Waals surface area (Å²) in [6.07, 6.45) is 3.41. The van der Waals surface area contributed by atoms with Gasteiger partial charge in [0.05, 0.1) is 22.7 Å². The number of hydrogen-bond acceptors (Lipinski definition) is 4. The summed E-state index contributed by atoms with van der Waals surface area (Å²) in [6, 6.07) is 11.6. The third kappa shape index (κ3) is 2.84. The fourth-order valence-electron chi connectivity index (χ4n) is 1.93. The van der Waals surface area contributed by atoms with E-state index in [2.05, 4.69) is 26.1 Å². The standard InChI is InChI=1S/C13H10BrN5O2/c14-12-9-17(16-13(12)19(20)21)8-10-6-7-18(15-10)11-4-2-1-3-5-11/h1-7,9H,8H2. The third-order valence-corrected chi connectivity index (χ3v) is 3.42. The molecule has 7 nitrogen and oxygen atoms in total. The van der Waals surface area contributed by atoms with E-state index >= 15 is 0 Å². The number of nitrogens with zero attached hydrogens (tertiary/aromatic N) is 5. The van der Waals surface area contributed by atoms with Gasteiger partial charge < -0.3 is 10.1 Å². The van der Waals surface area contributed by atoms with Crippen molar-refractivity contribution in [2.24, 2.45) is 0 Å². The maximum atomic E-state index is 10.8. The zero-order valence-corrected chi connectivity index (χ0v) is 12.3. The summed E-state index contributed by atoms with van der Waals surface area (Å²) in [6.45, 7) is 0.367. The molecule has 0 amide bonds. The number of nitro groups is 1. The van der Waals surface area contributed by atoms with Crippen LogP contribution >= 0.6 is 15.9 Å². The lowest BCUT2D eigenvalue weighted by Gasteiger charge is -1.99. The molecule has 2 heterocycles. The Bertz CT molecular complexity index is 781. The molecule has 0 aliphatic carbocycles. The number of aromatic nitrogens is 4. The van der Waals surface area contributed by atoms with Crippen molar-refractivity contribution in [1.29, 1.82) is 0 Å². The van der Waals surface area contributed by atoms with E-state index in [0.717, 1.165) is 11.4 Å². The van der Waals surface area contributed by atoms with Gasteiger partial charge in [-0.15, -0.1) is 0 Å². The normalized spacial score (nSPS) is 10.7. The van der Waals surface area contributed by atoms with Crippen molar-refractivity contribution < 1.29 is 4.92 Å². The molecule has 0 radical (unpaired) electrons. The van der Waals surface area contributed by atoms with E-state index in [1.807, 2.05) is 42.6 Å². The molecule has 0 aliphatic rings. The molecule has 1 aromatic carbocycles. The topological polar surface area (TPSA) is 78.8 Å². The van der Waals surface area contributed by atoms with Gasteiger partial charge in [0.1, 0.15) is 11.0 Å². The molecular formula is C13H10BrN5O2. The first kappa shape index (κ1) is 13.5. The maximum absolute atomic E-state index is 10.8. The molecule has 0 saturated carbocycles. The van der Waals surface area contributed by atoms with Crippen LogP contribution in [0.2, 0.25) is 0 Å². The van der Waals surface area contributed by atoms with Crippen molar-refractivity contribution >= 4 is 21.7 Å². The molecule has 0 saturated heterocycles. The van der Waals surface area contributed by atoms with Crippen molar-refractivity contribution in [3.8, 4) is 5.69 Å². The second-order valence-corrected chi connectivity index (χ2v) is 5.20. The molecule has 0 atom stereocenters. The molecular weight excluding hydrogens is 338 g/mol. The Hall–Kier alpha value is -2.48. The Morgan fingerprint density at radius 3 is 2.62 bits per heavy atom. The Labute approximate surface area is 128 Å². The number of benzene rings is 1. The van der Waals surface area contributed by atoms with Crippen LogP contribution in [-0.4, -0.2) is 24.5 Å². The quantitative estimate of drug-likeness (QED) is 0.536. The average Bonchev–Trinajstić information content (AvgIpc) is 3.07. The molecule has 0 aliphatic heterocycles. The highest BCUT2D eigenvalue weighted by Gasteiger charge is 2.19. The van der Waals surface area contributed by atoms with Crippen LogP contribution in [0.3, 0.4) is 0 Å². The van der Waals surface area contributed by atoms with Crippen LogP contribution in [0, 0.1) is 10.1 Å². The molecule has 8 heteroatoms. The minimum atomic E-state index is -0.525. The minimum absolute atomic E-state index is 0.197. The molecule has 0 N–H and O–H groups in total. The summed E-state index contributed by atoms with van der Waals surface area (Å²) in [7, 11) is 0. The fraction of sp³-hybridized carbons (Fsp3) is 0.0769. The first-order valence-corrected chi connectivity index (χ1v) is 6.90. The highest BCUT2D eigenvalue weighted by molar-refractivity contribution is 9.10. The molecule has 3 aromatic rings.